The number of methoxy groups -OCH3 is 1. The largest absolute Gasteiger partial charge is 0.377 e. The van der Waals surface area contributed by atoms with Crippen molar-refractivity contribution in [1.82, 2.24) is 5.32 Å². The standard InChI is InChI=1S/C15H25NOS/c1-11(16-10-15(2,3)17-4)14-9-12-7-5-6-8-13(12)18-14/h9,11,16H,5-8,10H2,1-4H3. The molecule has 0 amide bonds. The van der Waals surface area contributed by atoms with Crippen molar-refractivity contribution >= 4 is 11.3 Å². The average Bonchev–Trinajstić information content (AvgIpc) is 2.80. The quantitative estimate of drug-likeness (QED) is 0.878. The molecule has 2 rings (SSSR count). The van der Waals surface area contributed by atoms with E-state index in [9.17, 15) is 0 Å². The minimum atomic E-state index is -0.0921. The predicted octanol–water partition coefficient (Wildman–Crippen LogP) is 3.70. The molecule has 102 valence electrons. The Morgan fingerprint density at radius 1 is 1.39 bits per heavy atom. The highest BCUT2D eigenvalue weighted by Crippen LogP contribution is 2.32. The lowest BCUT2D eigenvalue weighted by atomic mass is 9.99. The molecule has 0 saturated carbocycles. The van der Waals surface area contributed by atoms with E-state index in [1.165, 1.54) is 30.6 Å². The summed E-state index contributed by atoms with van der Waals surface area (Å²) in [5.74, 6) is 0. The maximum absolute atomic E-state index is 5.45. The molecule has 0 aromatic carbocycles. The summed E-state index contributed by atoms with van der Waals surface area (Å²) in [6.07, 6.45) is 5.30. The molecule has 0 spiro atoms. The van der Waals surface area contributed by atoms with Crippen molar-refractivity contribution in [3.63, 3.8) is 0 Å². The zero-order valence-electron chi connectivity index (χ0n) is 12.0. The summed E-state index contributed by atoms with van der Waals surface area (Å²) >= 11 is 2.00. The van der Waals surface area contributed by atoms with E-state index in [-0.39, 0.29) is 5.60 Å². The molecule has 1 unspecified atom stereocenters. The molecule has 0 saturated heterocycles. The van der Waals surface area contributed by atoms with Crippen LogP contribution in [0, 0.1) is 0 Å². The normalized spacial score (nSPS) is 17.6. The van der Waals surface area contributed by atoms with Gasteiger partial charge in [0.1, 0.15) is 0 Å². The van der Waals surface area contributed by atoms with Crippen LogP contribution in [0.5, 0.6) is 0 Å². The van der Waals surface area contributed by atoms with E-state index in [4.69, 9.17) is 4.74 Å². The van der Waals surface area contributed by atoms with Gasteiger partial charge in [0.2, 0.25) is 0 Å². The lowest BCUT2D eigenvalue weighted by molar-refractivity contribution is 0.0215. The first-order valence-corrected chi connectivity index (χ1v) is 7.73. The first-order valence-electron chi connectivity index (χ1n) is 6.92. The number of rotatable bonds is 5. The van der Waals surface area contributed by atoms with E-state index >= 15 is 0 Å². The number of ether oxygens (including phenoxy) is 1. The lowest BCUT2D eigenvalue weighted by Gasteiger charge is -2.25. The second kappa shape index (κ2) is 5.72. The summed E-state index contributed by atoms with van der Waals surface area (Å²) in [6.45, 7) is 7.37. The number of nitrogens with one attached hydrogen (secondary N) is 1. The van der Waals surface area contributed by atoms with Crippen LogP contribution in [0.4, 0.5) is 0 Å². The van der Waals surface area contributed by atoms with Crippen molar-refractivity contribution in [2.45, 2.75) is 58.1 Å². The molecule has 1 aliphatic rings. The molecule has 18 heavy (non-hydrogen) atoms. The van der Waals surface area contributed by atoms with Crippen LogP contribution in [0.3, 0.4) is 0 Å². The minimum Gasteiger partial charge on any atom is -0.377 e. The summed E-state index contributed by atoms with van der Waals surface area (Å²) in [7, 11) is 1.77. The molecule has 1 aromatic heterocycles. The minimum absolute atomic E-state index is 0.0921. The molecule has 0 radical (unpaired) electrons. The van der Waals surface area contributed by atoms with Gasteiger partial charge >= 0.3 is 0 Å². The summed E-state index contributed by atoms with van der Waals surface area (Å²) in [5.41, 5.74) is 1.51. The topological polar surface area (TPSA) is 21.3 Å². The van der Waals surface area contributed by atoms with Crippen molar-refractivity contribution < 1.29 is 4.74 Å². The van der Waals surface area contributed by atoms with Crippen molar-refractivity contribution in [1.29, 1.82) is 0 Å². The fourth-order valence-electron chi connectivity index (χ4n) is 2.30. The fourth-order valence-corrected chi connectivity index (χ4v) is 3.58. The van der Waals surface area contributed by atoms with Crippen LogP contribution < -0.4 is 5.32 Å². The first-order chi connectivity index (χ1) is 8.52. The summed E-state index contributed by atoms with van der Waals surface area (Å²) in [6, 6.07) is 2.84. The van der Waals surface area contributed by atoms with Crippen LogP contribution in [0.15, 0.2) is 6.07 Å². The Balaban J connectivity index is 1.96. The van der Waals surface area contributed by atoms with Gasteiger partial charge in [0.25, 0.3) is 0 Å². The third-order valence-corrected chi connectivity index (χ3v) is 5.25. The highest BCUT2D eigenvalue weighted by Gasteiger charge is 2.20. The molecule has 1 atom stereocenters. The number of aryl methyl sites for hydroxylation is 2. The Labute approximate surface area is 115 Å². The number of fused-ring (bicyclic) bond motifs is 1. The van der Waals surface area contributed by atoms with Gasteiger partial charge in [0.05, 0.1) is 5.60 Å². The van der Waals surface area contributed by atoms with Gasteiger partial charge in [-0.1, -0.05) is 0 Å². The fraction of sp³-hybridized carbons (Fsp3) is 0.733. The Morgan fingerprint density at radius 3 is 2.78 bits per heavy atom. The van der Waals surface area contributed by atoms with Gasteiger partial charge in [0.15, 0.2) is 0 Å². The van der Waals surface area contributed by atoms with Gasteiger partial charge < -0.3 is 10.1 Å². The summed E-state index contributed by atoms with van der Waals surface area (Å²) < 4.78 is 5.45. The van der Waals surface area contributed by atoms with E-state index in [1.54, 1.807) is 17.6 Å². The first kappa shape index (κ1) is 14.0. The van der Waals surface area contributed by atoms with E-state index in [0.717, 1.165) is 6.54 Å². The highest BCUT2D eigenvalue weighted by atomic mass is 32.1. The maximum Gasteiger partial charge on any atom is 0.0746 e. The van der Waals surface area contributed by atoms with Crippen LogP contribution in [0.2, 0.25) is 0 Å². The Bertz CT molecular complexity index is 374. The molecule has 1 heterocycles. The van der Waals surface area contributed by atoms with Crippen molar-refractivity contribution in [2.75, 3.05) is 13.7 Å². The van der Waals surface area contributed by atoms with E-state index < -0.39 is 0 Å². The Hall–Kier alpha value is -0.380. The highest BCUT2D eigenvalue weighted by molar-refractivity contribution is 7.12. The van der Waals surface area contributed by atoms with Crippen LogP contribution >= 0.6 is 11.3 Å². The summed E-state index contributed by atoms with van der Waals surface area (Å²) in [5, 5.41) is 3.58. The number of hydrogen-bond donors (Lipinski definition) is 1. The van der Waals surface area contributed by atoms with E-state index in [0.29, 0.717) is 6.04 Å². The van der Waals surface area contributed by atoms with Crippen LogP contribution in [-0.4, -0.2) is 19.3 Å². The van der Waals surface area contributed by atoms with Crippen molar-refractivity contribution in [3.8, 4) is 0 Å². The van der Waals surface area contributed by atoms with Crippen LogP contribution in [-0.2, 0) is 17.6 Å². The maximum atomic E-state index is 5.45. The second-order valence-electron chi connectivity index (χ2n) is 5.87. The molecular formula is C15H25NOS. The Kier molecular flexibility index (Phi) is 4.46. The number of thiophene rings is 1. The Morgan fingerprint density at radius 2 is 2.11 bits per heavy atom. The predicted molar refractivity (Wildman–Crippen MR) is 78.5 cm³/mol. The van der Waals surface area contributed by atoms with E-state index in [1.807, 2.05) is 11.3 Å². The smallest absolute Gasteiger partial charge is 0.0746 e. The van der Waals surface area contributed by atoms with Gasteiger partial charge in [-0.2, -0.15) is 0 Å². The SMILES string of the molecule is COC(C)(C)CNC(C)c1cc2c(s1)CCCC2. The summed E-state index contributed by atoms with van der Waals surface area (Å²) in [4.78, 5) is 3.10. The van der Waals surface area contributed by atoms with Gasteiger partial charge in [-0.15, -0.1) is 11.3 Å². The molecule has 1 N–H and O–H groups in total. The molecule has 0 aliphatic heterocycles. The van der Waals surface area contributed by atoms with Crippen LogP contribution in [0.1, 0.15) is 55.0 Å². The van der Waals surface area contributed by atoms with E-state index in [2.05, 4.69) is 32.2 Å². The van der Waals surface area contributed by atoms with Gasteiger partial charge in [-0.25, -0.2) is 0 Å². The zero-order valence-corrected chi connectivity index (χ0v) is 12.8. The lowest BCUT2D eigenvalue weighted by Crippen LogP contribution is -2.37. The molecule has 3 heteroatoms. The van der Waals surface area contributed by atoms with Crippen LogP contribution in [0.25, 0.3) is 0 Å². The molecule has 1 aromatic rings. The third-order valence-electron chi connectivity index (χ3n) is 3.83. The average molecular weight is 267 g/mol. The molecule has 2 nitrogen and oxygen atoms in total. The third kappa shape index (κ3) is 3.34. The van der Waals surface area contributed by atoms with Crippen molar-refractivity contribution in [2.24, 2.45) is 0 Å². The van der Waals surface area contributed by atoms with Gasteiger partial charge in [0, 0.05) is 29.5 Å². The van der Waals surface area contributed by atoms with Gasteiger partial charge in [-0.3, -0.25) is 0 Å². The molecule has 0 fully saturated rings. The van der Waals surface area contributed by atoms with Crippen molar-refractivity contribution in [3.05, 3.63) is 21.4 Å². The van der Waals surface area contributed by atoms with Gasteiger partial charge in [-0.05, 0) is 58.1 Å². The second-order valence-corrected chi connectivity index (χ2v) is 7.04. The molecular weight excluding hydrogens is 242 g/mol. The molecule has 1 aliphatic carbocycles. The molecule has 0 bridgehead atoms. The monoisotopic (exact) mass is 267 g/mol. The zero-order chi connectivity index (χ0) is 13.2. The number of hydrogen-bond acceptors (Lipinski definition) is 3.